The van der Waals surface area contributed by atoms with Crippen molar-refractivity contribution in [3.8, 4) is 0 Å². The van der Waals surface area contributed by atoms with Crippen LogP contribution in [-0.4, -0.2) is 21.9 Å². The molecule has 0 unspecified atom stereocenters. The van der Waals surface area contributed by atoms with Crippen LogP contribution in [0.5, 0.6) is 0 Å². The molecule has 1 amide bonds. The first-order chi connectivity index (χ1) is 10.1. The second kappa shape index (κ2) is 5.52. The fourth-order valence-corrected chi connectivity index (χ4v) is 2.08. The Hall–Kier alpha value is -2.43. The molecule has 0 aliphatic heterocycles. The van der Waals surface area contributed by atoms with Crippen molar-refractivity contribution < 1.29 is 4.79 Å². The summed E-state index contributed by atoms with van der Waals surface area (Å²) in [5.74, 6) is 0.317. The van der Waals surface area contributed by atoms with Gasteiger partial charge in [-0.1, -0.05) is 12.1 Å². The number of nitrogens with zero attached hydrogens (tertiary/aromatic N) is 2. The zero-order chi connectivity index (χ0) is 14.8. The Balaban J connectivity index is 1.78. The van der Waals surface area contributed by atoms with E-state index >= 15 is 0 Å². The van der Waals surface area contributed by atoms with Gasteiger partial charge in [0.1, 0.15) is 5.69 Å². The van der Waals surface area contributed by atoms with Gasteiger partial charge in [0.05, 0.1) is 0 Å². The van der Waals surface area contributed by atoms with E-state index in [4.69, 9.17) is 0 Å². The van der Waals surface area contributed by atoms with Crippen LogP contribution in [0.4, 0.5) is 11.6 Å². The minimum Gasteiger partial charge on any atom is -0.351 e. The number of carbonyl (C=O) groups excluding carboxylic acids is 1. The molecule has 0 spiro atoms. The van der Waals surface area contributed by atoms with Crippen LogP contribution in [0, 0.1) is 13.8 Å². The molecule has 1 saturated carbocycles. The molecule has 1 aromatic carbocycles. The van der Waals surface area contributed by atoms with E-state index in [0.29, 0.717) is 17.7 Å². The van der Waals surface area contributed by atoms with Gasteiger partial charge in [-0.05, 0) is 50.5 Å². The highest BCUT2D eigenvalue weighted by atomic mass is 16.1. The molecule has 0 bridgehead atoms. The highest BCUT2D eigenvalue weighted by molar-refractivity contribution is 6.03. The average Bonchev–Trinajstić information content (AvgIpc) is 3.22. The molecular formula is C16H18N4O. The summed E-state index contributed by atoms with van der Waals surface area (Å²) in [6.45, 7) is 3.85. The van der Waals surface area contributed by atoms with Crippen LogP contribution in [0.3, 0.4) is 0 Å². The summed E-state index contributed by atoms with van der Waals surface area (Å²) in [7, 11) is 0. The molecule has 2 aromatic rings. The number of hydrogen-bond acceptors (Lipinski definition) is 4. The minimum absolute atomic E-state index is 0.218. The summed E-state index contributed by atoms with van der Waals surface area (Å²) < 4.78 is 0. The summed E-state index contributed by atoms with van der Waals surface area (Å²) in [5, 5.41) is 6.09. The summed E-state index contributed by atoms with van der Waals surface area (Å²) in [6, 6.07) is 9.85. The monoisotopic (exact) mass is 282 g/mol. The van der Waals surface area contributed by atoms with Gasteiger partial charge in [0, 0.05) is 17.4 Å². The van der Waals surface area contributed by atoms with Crippen molar-refractivity contribution in [2.75, 3.05) is 10.6 Å². The highest BCUT2D eigenvalue weighted by Gasteiger charge is 2.22. The van der Waals surface area contributed by atoms with E-state index < -0.39 is 0 Å². The largest absolute Gasteiger partial charge is 0.351 e. The Morgan fingerprint density at radius 3 is 2.71 bits per heavy atom. The lowest BCUT2D eigenvalue weighted by Crippen LogP contribution is -2.16. The van der Waals surface area contributed by atoms with E-state index in [2.05, 4.69) is 20.6 Å². The lowest BCUT2D eigenvalue weighted by molar-refractivity contribution is 0.102. The van der Waals surface area contributed by atoms with Gasteiger partial charge in [-0.2, -0.15) is 0 Å². The van der Waals surface area contributed by atoms with Crippen LogP contribution in [0.1, 0.15) is 34.6 Å². The van der Waals surface area contributed by atoms with Crippen LogP contribution in [0.2, 0.25) is 0 Å². The predicted molar refractivity (Wildman–Crippen MR) is 82.5 cm³/mol. The molecule has 5 heteroatoms. The molecule has 108 valence electrons. The third-order valence-corrected chi connectivity index (χ3v) is 3.27. The van der Waals surface area contributed by atoms with Crippen LogP contribution in [0.15, 0.2) is 30.3 Å². The average molecular weight is 282 g/mol. The van der Waals surface area contributed by atoms with Crippen LogP contribution in [0.25, 0.3) is 0 Å². The standard InChI is InChI=1S/C16H18N4O/c1-10-4-3-5-13(8-10)18-15(21)14-9-11(2)17-16(20-14)19-12-6-7-12/h3-5,8-9,12H,6-7H2,1-2H3,(H,18,21)(H,17,19,20). The van der Waals surface area contributed by atoms with Gasteiger partial charge >= 0.3 is 0 Å². The quantitative estimate of drug-likeness (QED) is 0.904. The number of carbonyl (C=O) groups is 1. The molecule has 2 N–H and O–H groups in total. The topological polar surface area (TPSA) is 66.9 Å². The lowest BCUT2D eigenvalue weighted by Gasteiger charge is -2.08. The molecule has 3 rings (SSSR count). The number of amides is 1. The van der Waals surface area contributed by atoms with E-state index in [0.717, 1.165) is 29.8 Å². The maximum Gasteiger partial charge on any atom is 0.274 e. The zero-order valence-corrected chi connectivity index (χ0v) is 12.2. The van der Waals surface area contributed by atoms with Crippen molar-refractivity contribution in [1.82, 2.24) is 9.97 Å². The molecule has 1 heterocycles. The Labute approximate surface area is 123 Å². The molecule has 21 heavy (non-hydrogen) atoms. The van der Waals surface area contributed by atoms with Crippen LogP contribution >= 0.6 is 0 Å². The van der Waals surface area contributed by atoms with Crippen molar-refractivity contribution in [3.05, 3.63) is 47.3 Å². The lowest BCUT2D eigenvalue weighted by atomic mass is 10.2. The Kier molecular flexibility index (Phi) is 3.56. The molecule has 1 aromatic heterocycles. The summed E-state index contributed by atoms with van der Waals surface area (Å²) in [6.07, 6.45) is 2.28. The van der Waals surface area contributed by atoms with Gasteiger partial charge in [0.15, 0.2) is 0 Å². The van der Waals surface area contributed by atoms with E-state index in [-0.39, 0.29) is 5.91 Å². The predicted octanol–water partition coefficient (Wildman–Crippen LogP) is 2.92. The maximum atomic E-state index is 12.3. The second-order valence-electron chi connectivity index (χ2n) is 5.46. The first kappa shape index (κ1) is 13.5. The fraction of sp³-hybridized carbons (Fsp3) is 0.312. The van der Waals surface area contributed by atoms with Crippen molar-refractivity contribution in [3.63, 3.8) is 0 Å². The zero-order valence-electron chi connectivity index (χ0n) is 12.2. The van der Waals surface area contributed by atoms with E-state index in [9.17, 15) is 4.79 Å². The third-order valence-electron chi connectivity index (χ3n) is 3.27. The summed E-state index contributed by atoms with van der Waals surface area (Å²) >= 11 is 0. The van der Waals surface area contributed by atoms with E-state index in [1.807, 2.05) is 38.1 Å². The van der Waals surface area contributed by atoms with Gasteiger partial charge in [-0.25, -0.2) is 9.97 Å². The molecule has 1 aliphatic carbocycles. The van der Waals surface area contributed by atoms with E-state index in [1.165, 1.54) is 0 Å². The molecule has 0 atom stereocenters. The van der Waals surface area contributed by atoms with Crippen molar-refractivity contribution in [2.24, 2.45) is 0 Å². The van der Waals surface area contributed by atoms with Crippen molar-refractivity contribution >= 4 is 17.5 Å². The summed E-state index contributed by atoms with van der Waals surface area (Å²) in [4.78, 5) is 20.9. The van der Waals surface area contributed by atoms with Crippen LogP contribution in [-0.2, 0) is 0 Å². The minimum atomic E-state index is -0.218. The van der Waals surface area contributed by atoms with Gasteiger partial charge in [0.2, 0.25) is 5.95 Å². The van der Waals surface area contributed by atoms with Gasteiger partial charge in [-0.15, -0.1) is 0 Å². The molecule has 0 saturated heterocycles. The number of rotatable bonds is 4. The maximum absolute atomic E-state index is 12.3. The molecule has 1 fully saturated rings. The van der Waals surface area contributed by atoms with Gasteiger partial charge in [0.25, 0.3) is 5.91 Å². The fourth-order valence-electron chi connectivity index (χ4n) is 2.08. The first-order valence-electron chi connectivity index (χ1n) is 7.10. The van der Waals surface area contributed by atoms with Crippen LogP contribution < -0.4 is 10.6 Å². The normalized spacial score (nSPS) is 13.8. The Bertz CT molecular complexity index is 680. The van der Waals surface area contributed by atoms with Gasteiger partial charge in [-0.3, -0.25) is 4.79 Å². The number of aryl methyl sites for hydroxylation is 2. The van der Waals surface area contributed by atoms with Crippen molar-refractivity contribution in [1.29, 1.82) is 0 Å². The molecule has 1 aliphatic rings. The Morgan fingerprint density at radius 1 is 1.19 bits per heavy atom. The summed E-state index contributed by atoms with van der Waals surface area (Å²) in [5.41, 5.74) is 3.03. The smallest absolute Gasteiger partial charge is 0.274 e. The second-order valence-corrected chi connectivity index (χ2v) is 5.46. The van der Waals surface area contributed by atoms with Gasteiger partial charge < -0.3 is 10.6 Å². The SMILES string of the molecule is Cc1cccc(NC(=O)c2cc(C)nc(NC3CC3)n2)c1. The molecule has 0 radical (unpaired) electrons. The number of anilines is 2. The highest BCUT2D eigenvalue weighted by Crippen LogP contribution is 2.23. The molecular weight excluding hydrogens is 264 g/mol. The first-order valence-corrected chi connectivity index (χ1v) is 7.10. The van der Waals surface area contributed by atoms with E-state index in [1.54, 1.807) is 6.07 Å². The number of nitrogens with one attached hydrogen (secondary N) is 2. The third kappa shape index (κ3) is 3.56. The number of benzene rings is 1. The number of hydrogen-bond donors (Lipinski definition) is 2. The Morgan fingerprint density at radius 2 is 2.00 bits per heavy atom. The molecule has 5 nitrogen and oxygen atoms in total. The number of aromatic nitrogens is 2. The van der Waals surface area contributed by atoms with Crippen molar-refractivity contribution in [2.45, 2.75) is 32.7 Å².